The molecule has 0 spiro atoms. The second-order valence-electron chi connectivity index (χ2n) is 4.33. The molecule has 1 aliphatic rings. The summed E-state index contributed by atoms with van der Waals surface area (Å²) in [6, 6.07) is 1.91. The second kappa shape index (κ2) is 4.10. The number of rotatable bonds is 3. The van der Waals surface area contributed by atoms with Crippen molar-refractivity contribution in [3.8, 4) is 0 Å². The van der Waals surface area contributed by atoms with Gasteiger partial charge in [0.2, 0.25) is 0 Å². The highest BCUT2D eigenvalue weighted by atomic mass is 79.9. The normalized spacial score (nSPS) is 17.5. The topological polar surface area (TPSA) is 34.9 Å². The van der Waals surface area contributed by atoms with Gasteiger partial charge < -0.3 is 0 Å². The van der Waals surface area contributed by atoms with Crippen molar-refractivity contribution in [3.05, 3.63) is 21.8 Å². The molecule has 0 bridgehead atoms. The van der Waals surface area contributed by atoms with Gasteiger partial charge in [0.25, 0.3) is 5.56 Å². The van der Waals surface area contributed by atoms with Crippen molar-refractivity contribution in [2.75, 3.05) is 5.75 Å². The molecule has 0 amide bonds. The van der Waals surface area contributed by atoms with Gasteiger partial charge in [-0.1, -0.05) is 27.7 Å². The van der Waals surface area contributed by atoms with Crippen LogP contribution in [0.5, 0.6) is 0 Å². The highest BCUT2D eigenvalue weighted by molar-refractivity contribution is 9.10. The maximum absolute atomic E-state index is 12.1. The molecule has 0 unspecified atom stereocenters. The molecule has 2 aromatic heterocycles. The Bertz CT molecular complexity index is 630. The quantitative estimate of drug-likeness (QED) is 0.493. The average Bonchev–Trinajstić information content (AvgIpc) is 2.87. The summed E-state index contributed by atoms with van der Waals surface area (Å²) < 4.78 is 2.69. The standard InChI is InChI=1S/C11H11BrN2OS2/c1-14-9(15)8-7(2-5-16-8)13-10(14)17-6-11(12)3-4-11/h2,5H,3-4,6H2,1H3. The van der Waals surface area contributed by atoms with Gasteiger partial charge in [0, 0.05) is 17.1 Å². The lowest BCUT2D eigenvalue weighted by Gasteiger charge is -2.09. The van der Waals surface area contributed by atoms with Gasteiger partial charge in [-0.05, 0) is 24.3 Å². The maximum Gasteiger partial charge on any atom is 0.271 e. The minimum Gasteiger partial charge on any atom is -0.290 e. The molecule has 2 heterocycles. The van der Waals surface area contributed by atoms with Gasteiger partial charge in [0.1, 0.15) is 4.70 Å². The van der Waals surface area contributed by atoms with Crippen LogP contribution in [0, 0.1) is 0 Å². The first-order valence-electron chi connectivity index (χ1n) is 5.35. The van der Waals surface area contributed by atoms with Gasteiger partial charge in [-0.2, -0.15) is 0 Å². The molecule has 0 aliphatic heterocycles. The summed E-state index contributed by atoms with van der Waals surface area (Å²) in [4.78, 5) is 16.6. The first kappa shape index (κ1) is 11.7. The summed E-state index contributed by atoms with van der Waals surface area (Å²) in [5, 5.41) is 2.73. The molecule has 0 aromatic carbocycles. The largest absolute Gasteiger partial charge is 0.290 e. The Labute approximate surface area is 115 Å². The number of fused-ring (bicyclic) bond motifs is 1. The van der Waals surface area contributed by atoms with Crippen LogP contribution < -0.4 is 5.56 Å². The Morgan fingerprint density at radius 1 is 1.65 bits per heavy atom. The van der Waals surface area contributed by atoms with Gasteiger partial charge >= 0.3 is 0 Å². The van der Waals surface area contributed by atoms with E-state index in [9.17, 15) is 4.79 Å². The molecule has 2 aromatic rings. The summed E-state index contributed by atoms with van der Waals surface area (Å²) >= 11 is 6.82. The van der Waals surface area contributed by atoms with E-state index in [0.29, 0.717) is 4.32 Å². The van der Waals surface area contributed by atoms with Crippen LogP contribution in [-0.2, 0) is 7.05 Å². The number of hydrogen-bond acceptors (Lipinski definition) is 4. The molecular weight excluding hydrogens is 320 g/mol. The fourth-order valence-electron chi connectivity index (χ4n) is 1.57. The third kappa shape index (κ3) is 2.18. The van der Waals surface area contributed by atoms with Crippen LogP contribution in [0.15, 0.2) is 21.4 Å². The van der Waals surface area contributed by atoms with Crippen molar-refractivity contribution in [2.45, 2.75) is 22.3 Å². The Kier molecular flexibility index (Phi) is 2.83. The monoisotopic (exact) mass is 330 g/mol. The van der Waals surface area contributed by atoms with E-state index >= 15 is 0 Å². The molecule has 1 saturated carbocycles. The lowest BCUT2D eigenvalue weighted by atomic mass is 10.5. The van der Waals surface area contributed by atoms with Gasteiger partial charge in [-0.15, -0.1) is 11.3 Å². The van der Waals surface area contributed by atoms with E-state index in [1.807, 2.05) is 11.4 Å². The Hall–Kier alpha value is -0.330. The summed E-state index contributed by atoms with van der Waals surface area (Å²) in [5.41, 5.74) is 0.881. The number of hydrogen-bond donors (Lipinski definition) is 0. The highest BCUT2D eigenvalue weighted by Gasteiger charge is 2.39. The molecule has 0 radical (unpaired) electrons. The number of aromatic nitrogens is 2. The fraction of sp³-hybridized carbons (Fsp3) is 0.455. The Balaban J connectivity index is 1.97. The first-order chi connectivity index (χ1) is 8.09. The van der Waals surface area contributed by atoms with Crippen LogP contribution in [0.3, 0.4) is 0 Å². The number of alkyl halides is 1. The lowest BCUT2D eigenvalue weighted by Crippen LogP contribution is -2.19. The molecule has 0 N–H and O–H groups in total. The minimum absolute atomic E-state index is 0.0620. The van der Waals surface area contributed by atoms with Crippen LogP contribution in [-0.4, -0.2) is 19.6 Å². The molecule has 90 valence electrons. The lowest BCUT2D eigenvalue weighted by molar-refractivity contribution is 0.727. The zero-order valence-electron chi connectivity index (χ0n) is 9.27. The third-order valence-electron chi connectivity index (χ3n) is 2.90. The predicted molar refractivity (Wildman–Crippen MR) is 76.5 cm³/mol. The fourth-order valence-corrected chi connectivity index (χ4v) is 4.03. The zero-order valence-corrected chi connectivity index (χ0v) is 12.5. The van der Waals surface area contributed by atoms with E-state index in [4.69, 9.17) is 0 Å². The van der Waals surface area contributed by atoms with E-state index < -0.39 is 0 Å². The van der Waals surface area contributed by atoms with E-state index in [1.165, 1.54) is 24.2 Å². The van der Waals surface area contributed by atoms with E-state index in [0.717, 1.165) is 21.1 Å². The second-order valence-corrected chi connectivity index (χ2v) is 7.87. The van der Waals surface area contributed by atoms with E-state index in [2.05, 4.69) is 20.9 Å². The van der Waals surface area contributed by atoms with Crippen LogP contribution >= 0.6 is 39.0 Å². The average molecular weight is 331 g/mol. The van der Waals surface area contributed by atoms with Gasteiger partial charge in [-0.25, -0.2) is 4.98 Å². The highest BCUT2D eigenvalue weighted by Crippen LogP contribution is 2.47. The zero-order chi connectivity index (χ0) is 12.0. The number of thiophene rings is 1. The van der Waals surface area contributed by atoms with Gasteiger partial charge in [-0.3, -0.25) is 9.36 Å². The Morgan fingerprint density at radius 3 is 3.12 bits per heavy atom. The molecule has 3 rings (SSSR count). The smallest absolute Gasteiger partial charge is 0.271 e. The number of nitrogens with zero attached hydrogens (tertiary/aromatic N) is 2. The van der Waals surface area contributed by atoms with E-state index in [1.54, 1.807) is 23.4 Å². The minimum atomic E-state index is 0.0620. The molecular formula is C11H11BrN2OS2. The van der Waals surface area contributed by atoms with Crippen LogP contribution in [0.2, 0.25) is 0 Å². The van der Waals surface area contributed by atoms with Crippen molar-refractivity contribution < 1.29 is 0 Å². The van der Waals surface area contributed by atoms with Gasteiger partial charge in [0.15, 0.2) is 5.16 Å². The van der Waals surface area contributed by atoms with E-state index in [-0.39, 0.29) is 5.56 Å². The Morgan fingerprint density at radius 2 is 2.41 bits per heavy atom. The van der Waals surface area contributed by atoms with Crippen LogP contribution in [0.4, 0.5) is 0 Å². The molecule has 1 aliphatic carbocycles. The van der Waals surface area contributed by atoms with Crippen molar-refractivity contribution in [3.63, 3.8) is 0 Å². The summed E-state index contributed by atoms with van der Waals surface area (Å²) in [6.07, 6.45) is 2.43. The van der Waals surface area contributed by atoms with Crippen LogP contribution in [0.1, 0.15) is 12.8 Å². The molecule has 6 heteroatoms. The summed E-state index contributed by atoms with van der Waals surface area (Å²) in [5.74, 6) is 0.975. The van der Waals surface area contributed by atoms with Crippen molar-refractivity contribution in [1.29, 1.82) is 0 Å². The molecule has 3 nitrogen and oxygen atoms in total. The summed E-state index contributed by atoms with van der Waals surface area (Å²) in [6.45, 7) is 0. The van der Waals surface area contributed by atoms with Crippen molar-refractivity contribution in [2.24, 2.45) is 7.05 Å². The van der Waals surface area contributed by atoms with Crippen LogP contribution in [0.25, 0.3) is 10.2 Å². The number of halogens is 1. The molecule has 0 atom stereocenters. The molecule has 0 saturated heterocycles. The molecule has 17 heavy (non-hydrogen) atoms. The van der Waals surface area contributed by atoms with Crippen molar-refractivity contribution in [1.82, 2.24) is 9.55 Å². The maximum atomic E-state index is 12.1. The SMILES string of the molecule is Cn1c(SCC2(Br)CC2)nc2ccsc2c1=O. The summed E-state index contributed by atoms with van der Waals surface area (Å²) in [7, 11) is 1.80. The molecule has 1 fully saturated rings. The third-order valence-corrected chi connectivity index (χ3v) is 6.56. The van der Waals surface area contributed by atoms with Crippen molar-refractivity contribution >= 4 is 49.2 Å². The van der Waals surface area contributed by atoms with Gasteiger partial charge in [0.05, 0.1) is 5.52 Å². The number of thioether (sulfide) groups is 1. The predicted octanol–water partition coefficient (Wildman–Crippen LogP) is 3.01. The first-order valence-corrected chi connectivity index (χ1v) is 8.01.